The molecule has 0 saturated carbocycles. The molecule has 0 amide bonds. The van der Waals surface area contributed by atoms with Gasteiger partial charge in [0.25, 0.3) is 0 Å². The van der Waals surface area contributed by atoms with E-state index in [9.17, 15) is 0 Å². The maximum Gasteiger partial charge on any atom is 0.225 e. The van der Waals surface area contributed by atoms with E-state index >= 15 is 0 Å². The van der Waals surface area contributed by atoms with E-state index in [4.69, 9.17) is 23.2 Å². The first-order chi connectivity index (χ1) is 12.6. The van der Waals surface area contributed by atoms with E-state index in [1.54, 1.807) is 12.3 Å². The summed E-state index contributed by atoms with van der Waals surface area (Å²) < 4.78 is 0. The molecular weight excluding hydrogens is 367 g/mol. The fourth-order valence-electron chi connectivity index (χ4n) is 2.60. The molecule has 26 heavy (non-hydrogen) atoms. The first-order valence-corrected chi connectivity index (χ1v) is 9.20. The summed E-state index contributed by atoms with van der Waals surface area (Å²) in [5, 5.41) is 7.96. The lowest BCUT2D eigenvalue weighted by molar-refractivity contribution is 0.859. The molecular formula is C20H20Cl2N4. The molecule has 2 N–H and O–H groups in total. The quantitative estimate of drug-likeness (QED) is 0.553. The van der Waals surface area contributed by atoms with Gasteiger partial charge in [-0.2, -0.15) is 4.98 Å². The highest BCUT2D eigenvalue weighted by Crippen LogP contribution is 2.21. The molecule has 3 rings (SSSR count). The lowest BCUT2D eigenvalue weighted by Crippen LogP contribution is -2.11. The van der Waals surface area contributed by atoms with Crippen LogP contribution >= 0.6 is 23.2 Å². The minimum atomic E-state index is 0.124. The second kappa shape index (κ2) is 8.88. The van der Waals surface area contributed by atoms with Gasteiger partial charge in [0, 0.05) is 22.8 Å². The van der Waals surface area contributed by atoms with Gasteiger partial charge in [0.2, 0.25) is 5.95 Å². The number of hydrogen-bond donors (Lipinski definition) is 2. The lowest BCUT2D eigenvalue weighted by atomic mass is 10.1. The fraction of sp³-hybridized carbons (Fsp3) is 0.200. The third kappa shape index (κ3) is 5.10. The van der Waals surface area contributed by atoms with Crippen LogP contribution < -0.4 is 10.6 Å². The molecule has 0 aliphatic heterocycles. The van der Waals surface area contributed by atoms with Gasteiger partial charge >= 0.3 is 0 Å². The third-order valence-electron chi connectivity index (χ3n) is 4.02. The van der Waals surface area contributed by atoms with E-state index in [0.717, 1.165) is 17.8 Å². The average Bonchev–Trinajstić information content (AvgIpc) is 2.64. The molecule has 3 aromatic rings. The molecule has 0 saturated heterocycles. The number of hydrogen-bond acceptors (Lipinski definition) is 4. The molecule has 2 aromatic carbocycles. The maximum atomic E-state index is 6.20. The number of halogens is 2. The van der Waals surface area contributed by atoms with Crippen LogP contribution in [-0.4, -0.2) is 16.5 Å². The van der Waals surface area contributed by atoms with Crippen molar-refractivity contribution in [1.29, 1.82) is 0 Å². The first-order valence-electron chi connectivity index (χ1n) is 8.44. The summed E-state index contributed by atoms with van der Waals surface area (Å²) in [6.45, 7) is 2.80. The van der Waals surface area contributed by atoms with Crippen LogP contribution in [0.3, 0.4) is 0 Å². The average molecular weight is 387 g/mol. The van der Waals surface area contributed by atoms with Crippen molar-refractivity contribution in [2.75, 3.05) is 17.2 Å². The Kier molecular flexibility index (Phi) is 6.31. The van der Waals surface area contributed by atoms with Crippen molar-refractivity contribution < 1.29 is 0 Å². The van der Waals surface area contributed by atoms with Gasteiger partial charge in [-0.25, -0.2) is 4.98 Å². The Morgan fingerprint density at radius 3 is 2.62 bits per heavy atom. The minimum Gasteiger partial charge on any atom is -0.370 e. The third-order valence-corrected chi connectivity index (χ3v) is 4.60. The summed E-state index contributed by atoms with van der Waals surface area (Å²) in [4.78, 5) is 8.82. The van der Waals surface area contributed by atoms with Crippen LogP contribution in [0.4, 0.5) is 11.8 Å². The smallest absolute Gasteiger partial charge is 0.225 e. The first kappa shape index (κ1) is 18.5. The zero-order chi connectivity index (χ0) is 18.4. The molecule has 0 fully saturated rings. The Bertz CT molecular complexity index is 855. The number of aromatic nitrogens is 2. The Morgan fingerprint density at radius 2 is 1.85 bits per heavy atom. The van der Waals surface area contributed by atoms with Gasteiger partial charge in [-0.3, -0.25) is 0 Å². The molecule has 0 aliphatic rings. The molecule has 6 heteroatoms. The van der Waals surface area contributed by atoms with Gasteiger partial charge in [-0.15, -0.1) is 0 Å². The second-order valence-electron chi connectivity index (χ2n) is 5.95. The molecule has 134 valence electrons. The van der Waals surface area contributed by atoms with E-state index < -0.39 is 0 Å². The summed E-state index contributed by atoms with van der Waals surface area (Å²) in [7, 11) is 0. The van der Waals surface area contributed by atoms with Crippen LogP contribution in [0.1, 0.15) is 24.1 Å². The number of rotatable bonds is 7. The van der Waals surface area contributed by atoms with Gasteiger partial charge in [0.1, 0.15) is 5.82 Å². The van der Waals surface area contributed by atoms with Gasteiger partial charge < -0.3 is 10.6 Å². The van der Waals surface area contributed by atoms with E-state index in [1.807, 2.05) is 36.4 Å². The predicted octanol–water partition coefficient (Wildman–Crippen LogP) is 5.61. The van der Waals surface area contributed by atoms with Crippen molar-refractivity contribution in [1.82, 2.24) is 9.97 Å². The molecule has 1 heterocycles. The van der Waals surface area contributed by atoms with Crippen molar-refractivity contribution in [2.24, 2.45) is 0 Å². The summed E-state index contributed by atoms with van der Waals surface area (Å²) in [5.74, 6) is 1.36. The molecule has 0 radical (unpaired) electrons. The summed E-state index contributed by atoms with van der Waals surface area (Å²) in [5.41, 5.74) is 2.24. The number of nitrogens with zero attached hydrogens (tertiary/aromatic N) is 2. The molecule has 1 aromatic heterocycles. The zero-order valence-corrected chi connectivity index (χ0v) is 15.9. The zero-order valence-electron chi connectivity index (χ0n) is 14.4. The van der Waals surface area contributed by atoms with Crippen LogP contribution in [0.5, 0.6) is 0 Å². The maximum absolute atomic E-state index is 6.20. The highest BCUT2D eigenvalue weighted by Gasteiger charge is 2.07. The molecule has 1 atom stereocenters. The number of anilines is 2. The lowest BCUT2D eigenvalue weighted by Gasteiger charge is -2.15. The Labute approximate surface area is 163 Å². The van der Waals surface area contributed by atoms with E-state index in [1.165, 1.54) is 5.56 Å². The van der Waals surface area contributed by atoms with Gasteiger partial charge in [-0.1, -0.05) is 59.6 Å². The van der Waals surface area contributed by atoms with Crippen LogP contribution in [0.2, 0.25) is 10.0 Å². The van der Waals surface area contributed by atoms with Crippen LogP contribution in [0, 0.1) is 0 Å². The second-order valence-corrected chi connectivity index (χ2v) is 6.80. The normalized spacial score (nSPS) is 11.8. The van der Waals surface area contributed by atoms with E-state index in [-0.39, 0.29) is 6.04 Å². The molecule has 0 bridgehead atoms. The Balaban J connectivity index is 1.57. The molecule has 0 spiro atoms. The van der Waals surface area contributed by atoms with Crippen molar-refractivity contribution >= 4 is 35.0 Å². The van der Waals surface area contributed by atoms with Crippen molar-refractivity contribution in [3.63, 3.8) is 0 Å². The van der Waals surface area contributed by atoms with Gasteiger partial charge in [0.05, 0.1) is 6.04 Å². The van der Waals surface area contributed by atoms with E-state index in [2.05, 4.69) is 39.7 Å². The van der Waals surface area contributed by atoms with Crippen LogP contribution in [0.15, 0.2) is 60.8 Å². The number of benzene rings is 2. The Hall–Kier alpha value is -2.30. The van der Waals surface area contributed by atoms with E-state index in [0.29, 0.717) is 22.5 Å². The summed E-state index contributed by atoms with van der Waals surface area (Å²) in [6.07, 6.45) is 2.52. The molecule has 4 nitrogen and oxygen atoms in total. The fourth-order valence-corrected chi connectivity index (χ4v) is 3.10. The van der Waals surface area contributed by atoms with Gasteiger partial charge in [0.15, 0.2) is 0 Å². The minimum absolute atomic E-state index is 0.124. The van der Waals surface area contributed by atoms with Crippen molar-refractivity contribution in [2.45, 2.75) is 19.4 Å². The summed E-state index contributed by atoms with van der Waals surface area (Å²) in [6, 6.07) is 17.7. The highest BCUT2D eigenvalue weighted by molar-refractivity contribution is 6.35. The van der Waals surface area contributed by atoms with Crippen LogP contribution in [-0.2, 0) is 6.42 Å². The number of nitrogens with one attached hydrogen (secondary N) is 2. The highest BCUT2D eigenvalue weighted by atomic mass is 35.5. The summed E-state index contributed by atoms with van der Waals surface area (Å²) >= 11 is 12.1. The van der Waals surface area contributed by atoms with Gasteiger partial charge in [-0.05, 0) is 42.7 Å². The molecule has 0 aliphatic carbocycles. The topological polar surface area (TPSA) is 49.8 Å². The van der Waals surface area contributed by atoms with Crippen molar-refractivity contribution in [3.05, 3.63) is 82.0 Å². The SMILES string of the molecule is CC(Nc1nccc(NCCc2ccc(Cl)cc2Cl)n1)c1ccccc1. The molecule has 1 unspecified atom stereocenters. The van der Waals surface area contributed by atoms with Crippen molar-refractivity contribution in [3.8, 4) is 0 Å². The largest absolute Gasteiger partial charge is 0.370 e. The standard InChI is InChI=1S/C20H20Cl2N4/c1-14(15-5-3-2-4-6-15)25-20-24-12-10-19(26-20)23-11-9-16-7-8-17(21)13-18(16)22/h2-8,10,12-14H,9,11H2,1H3,(H2,23,24,25,26). The van der Waals surface area contributed by atoms with Crippen LogP contribution in [0.25, 0.3) is 0 Å². The Morgan fingerprint density at radius 1 is 1.04 bits per heavy atom. The predicted molar refractivity (Wildman–Crippen MR) is 109 cm³/mol. The monoisotopic (exact) mass is 386 g/mol.